The van der Waals surface area contributed by atoms with Crippen molar-refractivity contribution in [2.24, 2.45) is 0 Å². The molecule has 0 heterocycles. The fourth-order valence-corrected chi connectivity index (χ4v) is 6.10. The summed E-state index contributed by atoms with van der Waals surface area (Å²) < 4.78 is 23.9. The van der Waals surface area contributed by atoms with Crippen LogP contribution in [0.25, 0.3) is 0 Å². The summed E-state index contributed by atoms with van der Waals surface area (Å²) in [6.07, 6.45) is 14.7. The summed E-state index contributed by atoms with van der Waals surface area (Å²) in [5.74, 6) is -3.20. The van der Waals surface area contributed by atoms with Crippen LogP contribution in [0.1, 0.15) is 136 Å². The highest BCUT2D eigenvalue weighted by atomic mass is 32.1. The molecular weight excluding hydrogens is 835 g/mol. The van der Waals surface area contributed by atoms with Gasteiger partial charge in [0.15, 0.2) is 0 Å². The largest absolute Gasteiger partial charge is 0.481 e. The Morgan fingerprint density at radius 2 is 0.918 bits per heavy atom. The average molecular weight is 912 g/mol. The second-order valence-corrected chi connectivity index (χ2v) is 14.7. The van der Waals surface area contributed by atoms with Gasteiger partial charge in [0.05, 0.1) is 45.7 Å². The molecule has 356 valence electrons. The number of carbonyl (C=O) groups excluding carboxylic acids is 5. The van der Waals surface area contributed by atoms with Crippen LogP contribution in [0.15, 0.2) is 0 Å². The predicted octanol–water partition coefficient (Wildman–Crippen LogP) is 3.75. The van der Waals surface area contributed by atoms with E-state index in [1.807, 2.05) is 13.8 Å². The van der Waals surface area contributed by atoms with E-state index in [9.17, 15) is 38.7 Å². The molecule has 0 aromatic carbocycles. The number of amides is 4. The molecule has 0 fully saturated rings. The van der Waals surface area contributed by atoms with Crippen molar-refractivity contribution in [2.45, 2.75) is 148 Å². The zero-order chi connectivity index (χ0) is 45.8. The van der Waals surface area contributed by atoms with Crippen molar-refractivity contribution in [3.05, 3.63) is 0 Å². The van der Waals surface area contributed by atoms with Gasteiger partial charge in [-0.15, -0.1) is 12.6 Å². The molecule has 0 radical (unpaired) electrons. The average Bonchev–Trinajstić information content (AvgIpc) is 3.23. The lowest BCUT2D eigenvalue weighted by molar-refractivity contribution is -0.142. The lowest BCUT2D eigenvalue weighted by Crippen LogP contribution is -2.41. The number of nitrogens with one attached hydrogen (secondary N) is 5. The minimum atomic E-state index is -1.19. The highest BCUT2D eigenvalue weighted by Gasteiger charge is 2.21. The first-order valence-corrected chi connectivity index (χ1v) is 22.8. The van der Waals surface area contributed by atoms with Crippen LogP contribution >= 0.6 is 25.4 Å². The van der Waals surface area contributed by atoms with E-state index < -0.39 is 24.0 Å². The maximum absolute atomic E-state index is 12.3. The van der Waals surface area contributed by atoms with Gasteiger partial charge in [-0.2, -0.15) is 0 Å². The van der Waals surface area contributed by atoms with Crippen LogP contribution in [-0.2, 0) is 52.5 Å². The van der Waals surface area contributed by atoms with Gasteiger partial charge in [0, 0.05) is 38.9 Å². The smallest absolute Gasteiger partial charge is 0.326 e. The van der Waals surface area contributed by atoms with Crippen LogP contribution < -0.4 is 26.0 Å². The summed E-state index contributed by atoms with van der Waals surface area (Å²) in [6, 6.07) is -1.57. The number of unbranched alkanes of at least 4 members (excludes halogenated alkanes) is 12. The Bertz CT molecular complexity index is 1170. The van der Waals surface area contributed by atoms with E-state index in [0.29, 0.717) is 25.8 Å². The number of ether oxygens (including phenoxy) is 4. The summed E-state index contributed by atoms with van der Waals surface area (Å²) in [5, 5.41) is 28.4. The Morgan fingerprint density at radius 3 is 1.38 bits per heavy atom. The minimum Gasteiger partial charge on any atom is -0.481 e. The summed E-state index contributed by atoms with van der Waals surface area (Å²) in [4.78, 5) is 81.5. The highest BCUT2D eigenvalue weighted by molar-refractivity contribution is 7.96. The second-order valence-electron chi connectivity index (χ2n) is 14.0. The first-order chi connectivity index (χ1) is 29.5. The fourth-order valence-electron chi connectivity index (χ4n) is 5.56. The number of carbonyl (C=O) groups is 7. The third-order valence-corrected chi connectivity index (χ3v) is 9.50. The molecule has 0 aromatic rings. The van der Waals surface area contributed by atoms with Crippen LogP contribution in [0.4, 0.5) is 0 Å². The molecule has 2 unspecified atom stereocenters. The maximum atomic E-state index is 12.3. The van der Waals surface area contributed by atoms with Crippen molar-refractivity contribution in [2.75, 3.05) is 72.5 Å². The Kier molecular flexibility index (Phi) is 44.3. The van der Waals surface area contributed by atoms with Crippen molar-refractivity contribution in [1.82, 2.24) is 26.0 Å². The number of rotatable bonds is 43. The fraction of sp³-hybridized carbons (Fsp3) is 0.829. The van der Waals surface area contributed by atoms with Crippen LogP contribution in [0.5, 0.6) is 0 Å². The number of carboxylic acids is 2. The van der Waals surface area contributed by atoms with Gasteiger partial charge in [-0.25, -0.2) is 4.79 Å². The molecule has 4 amide bonds. The van der Waals surface area contributed by atoms with Crippen LogP contribution in [0, 0.1) is 0 Å². The predicted molar refractivity (Wildman–Crippen MR) is 238 cm³/mol. The molecule has 2 atom stereocenters. The standard InChI is InChI=1S/C39H71N5O13S2.C2H6/c45-33(19-18-31(38(51)52)43-34(46)16-11-9-7-5-3-1-2-4-6-8-10-12-17-37(49)50)41-21-23-54-25-28-57-30-36(48)42-22-24-55-26-27-56-29-35(47)40-20-14-13-15-32(44-59)39(53)58;1-2/h31-32,44,59H,1-30H2,(H,40,47)(H,41,45)(H,42,48)(H,43,46)(H,49,50)(H,51,52)(H,53,58);1-2H3. The normalized spacial score (nSPS) is 11.7. The highest BCUT2D eigenvalue weighted by Crippen LogP contribution is 2.13. The van der Waals surface area contributed by atoms with Crippen molar-refractivity contribution >= 4 is 66.1 Å². The zero-order valence-corrected chi connectivity index (χ0v) is 38.4. The van der Waals surface area contributed by atoms with Gasteiger partial charge in [-0.1, -0.05) is 90.9 Å². The Morgan fingerprint density at radius 1 is 0.475 bits per heavy atom. The third-order valence-electron chi connectivity index (χ3n) is 8.88. The van der Waals surface area contributed by atoms with Crippen LogP contribution in [-0.4, -0.2) is 135 Å². The number of thiol groups is 2. The minimum absolute atomic E-state index is 0.0331. The second kappa shape index (κ2) is 45.0. The number of hydrogen-bond acceptors (Lipinski definition) is 13. The van der Waals surface area contributed by atoms with Gasteiger partial charge < -0.3 is 50.4 Å². The summed E-state index contributed by atoms with van der Waals surface area (Å²) in [6.45, 7) is 5.94. The number of carboxylic acid groups (broad SMARTS) is 2. The number of hydrogen-bond donors (Lipinski definition) is 9. The molecule has 0 aromatic heterocycles. The van der Waals surface area contributed by atoms with Gasteiger partial charge in [0.2, 0.25) is 28.7 Å². The van der Waals surface area contributed by atoms with E-state index in [1.54, 1.807) is 0 Å². The molecule has 0 aliphatic carbocycles. The molecule has 7 N–H and O–H groups in total. The molecule has 0 aliphatic heterocycles. The summed E-state index contributed by atoms with van der Waals surface area (Å²) >= 11 is 7.66. The lowest BCUT2D eigenvalue weighted by Gasteiger charge is -2.14. The van der Waals surface area contributed by atoms with E-state index >= 15 is 0 Å². The van der Waals surface area contributed by atoms with E-state index in [4.69, 9.17) is 24.1 Å². The van der Waals surface area contributed by atoms with Gasteiger partial charge in [-0.3, -0.25) is 33.5 Å². The first kappa shape index (κ1) is 60.1. The SMILES string of the molecule is CC.O=C(O)CCCCCCCCCCCCCCC(=O)NC(CCC(=O)NCCOCCOCC(=O)NCCOCCOCC(=O)NCCCCC(NS)C(=O)S)C(=O)O. The van der Waals surface area contributed by atoms with Gasteiger partial charge in [-0.05, 0) is 38.5 Å². The van der Waals surface area contributed by atoms with Crippen LogP contribution in [0.2, 0.25) is 0 Å². The van der Waals surface area contributed by atoms with Crippen molar-refractivity contribution in [3.63, 3.8) is 0 Å². The zero-order valence-electron chi connectivity index (χ0n) is 36.6. The van der Waals surface area contributed by atoms with E-state index in [-0.39, 0.29) is 120 Å². The van der Waals surface area contributed by atoms with Crippen LogP contribution in [0.3, 0.4) is 0 Å². The molecule has 18 nitrogen and oxygen atoms in total. The number of aliphatic carboxylic acids is 2. The van der Waals surface area contributed by atoms with Gasteiger partial charge in [0.25, 0.3) is 0 Å². The quantitative estimate of drug-likeness (QED) is 0.0312. The molecule has 0 saturated heterocycles. The van der Waals surface area contributed by atoms with Gasteiger partial charge >= 0.3 is 11.9 Å². The molecule has 0 rings (SSSR count). The topological polar surface area (TPSA) is 257 Å². The third kappa shape index (κ3) is 43.4. The Labute approximate surface area is 374 Å². The van der Waals surface area contributed by atoms with Crippen molar-refractivity contribution in [1.29, 1.82) is 0 Å². The summed E-state index contributed by atoms with van der Waals surface area (Å²) in [7, 11) is 0. The molecule has 0 aliphatic rings. The molecule has 0 saturated carbocycles. The Hall–Kier alpha value is -3.01. The van der Waals surface area contributed by atoms with E-state index in [1.165, 1.54) is 19.3 Å². The monoisotopic (exact) mass is 911 g/mol. The molecular formula is C41H77N5O13S2. The van der Waals surface area contributed by atoms with Gasteiger partial charge in [0.1, 0.15) is 19.3 Å². The first-order valence-electron chi connectivity index (χ1n) is 21.9. The molecule has 0 bridgehead atoms. The van der Waals surface area contributed by atoms with E-state index in [0.717, 1.165) is 57.8 Å². The molecule has 61 heavy (non-hydrogen) atoms. The molecule has 0 spiro atoms. The molecule has 20 heteroatoms. The van der Waals surface area contributed by atoms with Crippen molar-refractivity contribution in [3.8, 4) is 0 Å². The Balaban J connectivity index is 0. The summed E-state index contributed by atoms with van der Waals surface area (Å²) in [5.41, 5.74) is 0. The lowest BCUT2D eigenvalue weighted by atomic mass is 10.0. The van der Waals surface area contributed by atoms with Crippen molar-refractivity contribution < 1.29 is 62.7 Å². The maximum Gasteiger partial charge on any atom is 0.326 e. The van der Waals surface area contributed by atoms with E-state index in [2.05, 4.69) is 51.4 Å².